The molecule has 2 aromatic rings. The number of halogens is 3. The van der Waals surface area contributed by atoms with Gasteiger partial charge in [-0.1, -0.05) is 60.3 Å². The molecule has 1 heterocycles. The molecule has 1 amide bonds. The number of carbonyl (C=O) groups excluding carboxylic acids is 1. The second kappa shape index (κ2) is 11.4. The summed E-state index contributed by atoms with van der Waals surface area (Å²) in [5, 5.41) is 4.83. The first-order chi connectivity index (χ1) is 14.9. The van der Waals surface area contributed by atoms with Crippen molar-refractivity contribution in [2.75, 3.05) is 18.1 Å². The van der Waals surface area contributed by atoms with Crippen molar-refractivity contribution in [3.63, 3.8) is 0 Å². The molecule has 3 N–H and O–H groups in total. The van der Waals surface area contributed by atoms with Gasteiger partial charge in [-0.05, 0) is 62.1 Å². The Hall–Kier alpha value is -1.50. The summed E-state index contributed by atoms with van der Waals surface area (Å²) < 4.78 is 0. The average molecular weight is 485 g/mol. The Morgan fingerprint density at radius 1 is 1.10 bits per heavy atom. The van der Waals surface area contributed by atoms with Crippen molar-refractivity contribution in [2.24, 2.45) is 0 Å². The van der Waals surface area contributed by atoms with Crippen molar-refractivity contribution in [1.82, 2.24) is 10.9 Å². The van der Waals surface area contributed by atoms with Gasteiger partial charge in [0.15, 0.2) is 0 Å². The minimum atomic E-state index is -0.375. The molecule has 0 spiro atoms. The third-order valence-corrected chi connectivity index (χ3v) is 6.40. The molecule has 1 aliphatic rings. The lowest BCUT2D eigenvalue weighted by Crippen LogP contribution is -3.19. The molecule has 31 heavy (non-hydrogen) atoms. The number of hydrazine groups is 1. The van der Waals surface area contributed by atoms with Gasteiger partial charge in [0.1, 0.15) is 6.04 Å². The smallest absolute Gasteiger partial charge is 0.283 e. The van der Waals surface area contributed by atoms with Crippen LogP contribution in [0.3, 0.4) is 0 Å². The maximum absolute atomic E-state index is 13.1. The van der Waals surface area contributed by atoms with Gasteiger partial charge in [-0.25, -0.2) is 15.9 Å². The fourth-order valence-corrected chi connectivity index (χ4v) is 4.49. The fraction of sp³-hybridized carbons (Fsp3) is 0.435. The summed E-state index contributed by atoms with van der Waals surface area (Å²) in [5.74, 6) is -0.0140. The van der Waals surface area contributed by atoms with Crippen LogP contribution in [0.4, 0.5) is 5.69 Å². The number of amides is 1. The lowest BCUT2D eigenvalue weighted by atomic mass is 10.0. The van der Waals surface area contributed by atoms with E-state index in [1.165, 1.54) is 6.42 Å². The van der Waals surface area contributed by atoms with Gasteiger partial charge in [0.25, 0.3) is 5.91 Å². The van der Waals surface area contributed by atoms with Crippen molar-refractivity contribution in [2.45, 2.75) is 51.6 Å². The average Bonchev–Trinajstić information content (AvgIpc) is 3.19. The molecule has 0 saturated carbocycles. The summed E-state index contributed by atoms with van der Waals surface area (Å²) >= 11 is 18.7. The minimum absolute atomic E-state index is 0.0140. The number of hydrogen-bond acceptors (Lipinski definition) is 3. The molecule has 1 saturated heterocycles. The van der Waals surface area contributed by atoms with Gasteiger partial charge >= 0.3 is 0 Å². The van der Waals surface area contributed by atoms with Gasteiger partial charge in [0.2, 0.25) is 0 Å². The molecule has 1 fully saturated rings. The van der Waals surface area contributed by atoms with Crippen LogP contribution in [0, 0.1) is 0 Å². The van der Waals surface area contributed by atoms with Gasteiger partial charge in [-0.15, -0.1) is 0 Å². The van der Waals surface area contributed by atoms with Gasteiger partial charge in [0, 0.05) is 10.0 Å². The number of unbranched alkanes of at least 4 members (excludes halogenated alkanes) is 2. The fourth-order valence-electron chi connectivity index (χ4n) is 3.87. The number of rotatable bonds is 9. The number of hydrogen-bond donors (Lipinski definition) is 3. The summed E-state index contributed by atoms with van der Waals surface area (Å²) in [6, 6.07) is 12.6. The van der Waals surface area contributed by atoms with Gasteiger partial charge in [-0.2, -0.15) is 0 Å². The summed E-state index contributed by atoms with van der Waals surface area (Å²) in [4.78, 5) is 13.1. The zero-order valence-corrected chi connectivity index (χ0v) is 20.2. The maximum Gasteiger partial charge on any atom is 0.283 e. The maximum atomic E-state index is 13.1. The molecule has 8 heteroatoms. The van der Waals surface area contributed by atoms with Crippen molar-refractivity contribution >= 4 is 46.4 Å². The highest BCUT2D eigenvalue weighted by Gasteiger charge is 2.38. The molecule has 3 unspecified atom stereocenters. The van der Waals surface area contributed by atoms with Crippen LogP contribution in [0.5, 0.6) is 0 Å². The topological polar surface area (TPSA) is 48.8 Å². The number of anilines is 1. The molecule has 2 aromatic carbocycles. The Morgan fingerprint density at radius 3 is 2.45 bits per heavy atom. The first-order valence-corrected chi connectivity index (χ1v) is 12.0. The monoisotopic (exact) mass is 483 g/mol. The quantitative estimate of drug-likeness (QED) is 0.360. The molecule has 3 rings (SSSR count). The molecule has 0 aromatic heterocycles. The number of benzene rings is 2. The largest absolute Gasteiger partial charge is 0.299 e. The third-order valence-electron chi connectivity index (χ3n) is 5.61. The molecule has 0 radical (unpaired) electrons. The van der Waals surface area contributed by atoms with E-state index in [1.54, 1.807) is 12.1 Å². The SMILES string of the molecule is CCCCC[NH+](CC)NC(=O)C1CC(c2ccc(Cl)cc2)N(c2ccc(Cl)cc2Cl)N1. The molecular weight excluding hydrogens is 455 g/mol. The van der Waals surface area contributed by atoms with Crippen molar-refractivity contribution in [3.05, 3.63) is 63.1 Å². The summed E-state index contributed by atoms with van der Waals surface area (Å²) in [7, 11) is 0. The van der Waals surface area contributed by atoms with E-state index in [2.05, 4.69) is 24.7 Å². The van der Waals surface area contributed by atoms with Crippen molar-refractivity contribution in [3.8, 4) is 0 Å². The number of nitrogens with one attached hydrogen (secondary N) is 3. The van der Waals surface area contributed by atoms with E-state index >= 15 is 0 Å². The van der Waals surface area contributed by atoms with Crippen LogP contribution in [0.15, 0.2) is 42.5 Å². The van der Waals surface area contributed by atoms with E-state index in [4.69, 9.17) is 34.8 Å². The van der Waals surface area contributed by atoms with Crippen LogP contribution in [-0.4, -0.2) is 25.0 Å². The number of nitrogens with zero attached hydrogens (tertiary/aromatic N) is 1. The number of quaternary nitrogens is 1. The number of carbonyl (C=O) groups is 1. The molecule has 0 aliphatic carbocycles. The Labute approximate surface area is 199 Å². The van der Waals surface area contributed by atoms with Gasteiger partial charge < -0.3 is 0 Å². The zero-order chi connectivity index (χ0) is 22.4. The molecule has 0 bridgehead atoms. The van der Waals surface area contributed by atoms with E-state index in [9.17, 15) is 4.79 Å². The van der Waals surface area contributed by atoms with Crippen LogP contribution < -0.4 is 20.9 Å². The van der Waals surface area contributed by atoms with E-state index in [0.717, 1.165) is 42.2 Å². The highest BCUT2D eigenvalue weighted by Crippen LogP contribution is 2.38. The van der Waals surface area contributed by atoms with Crippen LogP contribution in [0.2, 0.25) is 15.1 Å². The normalized spacial score (nSPS) is 19.5. The third kappa shape index (κ3) is 6.27. The van der Waals surface area contributed by atoms with Crippen LogP contribution >= 0.6 is 34.8 Å². The molecule has 1 aliphatic heterocycles. The van der Waals surface area contributed by atoms with E-state index < -0.39 is 0 Å². The Balaban J connectivity index is 1.80. The first kappa shape index (κ1) is 24.1. The van der Waals surface area contributed by atoms with Crippen LogP contribution in [0.1, 0.15) is 51.1 Å². The lowest BCUT2D eigenvalue weighted by molar-refractivity contribution is -0.934. The summed E-state index contributed by atoms with van der Waals surface area (Å²) in [5.41, 5.74) is 8.37. The Kier molecular flexibility index (Phi) is 8.87. The highest BCUT2D eigenvalue weighted by molar-refractivity contribution is 6.36. The highest BCUT2D eigenvalue weighted by atomic mass is 35.5. The first-order valence-electron chi connectivity index (χ1n) is 10.8. The van der Waals surface area contributed by atoms with Gasteiger partial charge in [0.05, 0.1) is 29.8 Å². The molecule has 3 atom stereocenters. The van der Waals surface area contributed by atoms with Crippen LogP contribution in [0.25, 0.3) is 0 Å². The Bertz CT molecular complexity index is 878. The van der Waals surface area contributed by atoms with E-state index in [-0.39, 0.29) is 18.0 Å². The van der Waals surface area contributed by atoms with Crippen LogP contribution in [-0.2, 0) is 4.79 Å². The summed E-state index contributed by atoms with van der Waals surface area (Å²) in [6.07, 6.45) is 4.04. The standard InChI is InChI=1S/C23H29Cl3N4O/c1-3-5-6-13-29(4-2)28-23(31)20-15-22(16-7-9-17(24)10-8-16)30(27-20)21-12-11-18(25)14-19(21)26/h7-12,14,20,22,27H,3-6,13,15H2,1-2H3,(H,28,31)/p+1. The predicted molar refractivity (Wildman–Crippen MR) is 129 cm³/mol. The Morgan fingerprint density at radius 2 is 1.81 bits per heavy atom. The second-order valence-corrected chi connectivity index (χ2v) is 9.13. The van der Waals surface area contributed by atoms with E-state index in [1.807, 2.05) is 35.3 Å². The van der Waals surface area contributed by atoms with E-state index in [0.29, 0.717) is 21.5 Å². The van der Waals surface area contributed by atoms with Gasteiger partial charge in [-0.3, -0.25) is 9.80 Å². The summed E-state index contributed by atoms with van der Waals surface area (Å²) in [6.45, 7) is 6.03. The van der Waals surface area contributed by atoms with Crippen molar-refractivity contribution in [1.29, 1.82) is 0 Å². The predicted octanol–water partition coefficient (Wildman–Crippen LogP) is 4.60. The minimum Gasteiger partial charge on any atom is -0.299 e. The van der Waals surface area contributed by atoms with Crippen molar-refractivity contribution < 1.29 is 9.80 Å². The zero-order valence-electron chi connectivity index (χ0n) is 17.9. The molecule has 168 valence electrons. The lowest BCUT2D eigenvalue weighted by Gasteiger charge is -2.28. The second-order valence-electron chi connectivity index (χ2n) is 7.85. The molecular formula is C23H30Cl3N4O+. The molecule has 5 nitrogen and oxygen atoms in total.